The van der Waals surface area contributed by atoms with Crippen LogP contribution in [0, 0.1) is 11.3 Å². The van der Waals surface area contributed by atoms with Crippen LogP contribution in [0.1, 0.15) is 29.7 Å². The average Bonchev–Trinajstić information content (AvgIpc) is 2.80. The van der Waals surface area contributed by atoms with Gasteiger partial charge in [-0.15, -0.1) is 0 Å². The van der Waals surface area contributed by atoms with E-state index in [4.69, 9.17) is 10.00 Å². The van der Waals surface area contributed by atoms with E-state index in [0.29, 0.717) is 11.4 Å². The molecular weight excluding hydrogens is 417 g/mol. The summed E-state index contributed by atoms with van der Waals surface area (Å²) in [6, 6.07) is 15.2. The molecule has 2 aromatic heterocycles. The highest BCUT2D eigenvalue weighted by Gasteiger charge is 2.30. The number of halogens is 3. The van der Waals surface area contributed by atoms with E-state index in [1.165, 1.54) is 11.6 Å². The summed E-state index contributed by atoms with van der Waals surface area (Å²) in [5.41, 5.74) is 2.85. The Balaban J connectivity index is 1.39. The molecule has 4 rings (SSSR count). The van der Waals surface area contributed by atoms with Crippen LogP contribution in [-0.4, -0.2) is 23.1 Å². The zero-order valence-corrected chi connectivity index (χ0v) is 17.0. The maximum Gasteiger partial charge on any atom is 0.417 e. The minimum atomic E-state index is -4.43. The van der Waals surface area contributed by atoms with Gasteiger partial charge in [-0.25, -0.2) is 9.97 Å². The summed E-state index contributed by atoms with van der Waals surface area (Å²) in [6.45, 7) is 1.70. The molecule has 8 heteroatoms. The molecule has 0 spiro atoms. The van der Waals surface area contributed by atoms with Gasteiger partial charge >= 0.3 is 6.18 Å². The van der Waals surface area contributed by atoms with Crippen LogP contribution < -0.4 is 9.64 Å². The molecule has 0 radical (unpaired) electrons. The van der Waals surface area contributed by atoms with Gasteiger partial charge in [0.2, 0.25) is 5.88 Å². The topological polar surface area (TPSA) is 62.0 Å². The van der Waals surface area contributed by atoms with E-state index >= 15 is 0 Å². The number of rotatable bonds is 4. The predicted molar refractivity (Wildman–Crippen MR) is 114 cm³/mol. The van der Waals surface area contributed by atoms with Crippen molar-refractivity contribution >= 4 is 11.8 Å². The summed E-state index contributed by atoms with van der Waals surface area (Å²) in [4.78, 5) is 10.1. The first-order valence-electron chi connectivity index (χ1n) is 10.0. The third-order valence-electron chi connectivity index (χ3n) is 5.15. The second-order valence-corrected chi connectivity index (χ2v) is 7.36. The van der Waals surface area contributed by atoms with Gasteiger partial charge in [0, 0.05) is 25.4 Å². The van der Waals surface area contributed by atoms with Gasteiger partial charge in [-0.05, 0) is 48.7 Å². The standard InChI is InChI=1S/C24H19F3N4O/c25-24(26,27)19-4-7-23(30-15-19)32-22-3-1-2-18(13-22)12-17-8-10-31(11-9-17)21-6-5-20(14-28)29-16-21/h1-7,12-13,15-16H,8-11H2. The van der Waals surface area contributed by atoms with Gasteiger partial charge in [0.15, 0.2) is 0 Å². The molecule has 0 amide bonds. The fourth-order valence-electron chi connectivity index (χ4n) is 3.47. The lowest BCUT2D eigenvalue weighted by molar-refractivity contribution is -0.137. The fraction of sp³-hybridized carbons (Fsp3) is 0.208. The highest BCUT2D eigenvalue weighted by Crippen LogP contribution is 2.30. The Hall–Kier alpha value is -3.86. The van der Waals surface area contributed by atoms with Crippen molar-refractivity contribution in [2.24, 2.45) is 0 Å². The smallest absolute Gasteiger partial charge is 0.417 e. The summed E-state index contributed by atoms with van der Waals surface area (Å²) in [7, 11) is 0. The van der Waals surface area contributed by atoms with Gasteiger partial charge in [0.05, 0.1) is 17.4 Å². The Bertz CT molecular complexity index is 1140. The Kier molecular flexibility index (Phi) is 6.08. The van der Waals surface area contributed by atoms with Crippen LogP contribution in [0.25, 0.3) is 6.08 Å². The molecule has 162 valence electrons. The predicted octanol–water partition coefficient (Wildman–Crippen LogP) is 5.84. The fourth-order valence-corrected chi connectivity index (χ4v) is 3.47. The van der Waals surface area contributed by atoms with Crippen LogP contribution in [-0.2, 0) is 6.18 Å². The monoisotopic (exact) mass is 436 g/mol. The molecule has 1 aromatic carbocycles. The Morgan fingerprint density at radius 2 is 1.81 bits per heavy atom. The molecule has 3 aromatic rings. The number of hydrogen-bond donors (Lipinski definition) is 0. The minimum absolute atomic E-state index is 0.104. The molecule has 32 heavy (non-hydrogen) atoms. The van der Waals surface area contributed by atoms with Crippen LogP contribution in [0.5, 0.6) is 11.6 Å². The Morgan fingerprint density at radius 1 is 1.00 bits per heavy atom. The molecule has 0 N–H and O–H groups in total. The van der Waals surface area contributed by atoms with Gasteiger partial charge in [-0.3, -0.25) is 0 Å². The van der Waals surface area contributed by atoms with Gasteiger partial charge < -0.3 is 9.64 Å². The first-order chi connectivity index (χ1) is 15.4. The average molecular weight is 436 g/mol. The molecule has 0 aliphatic carbocycles. The first kappa shape index (κ1) is 21.4. The third-order valence-corrected chi connectivity index (χ3v) is 5.15. The summed E-state index contributed by atoms with van der Waals surface area (Å²) in [6.07, 6.45) is 1.96. The van der Waals surface area contributed by atoms with Gasteiger partial charge in [-0.1, -0.05) is 23.8 Å². The number of pyridine rings is 2. The van der Waals surface area contributed by atoms with Crippen molar-refractivity contribution in [1.82, 2.24) is 9.97 Å². The van der Waals surface area contributed by atoms with Crippen LogP contribution >= 0.6 is 0 Å². The number of ether oxygens (including phenoxy) is 1. The van der Waals surface area contributed by atoms with Crippen molar-refractivity contribution in [3.63, 3.8) is 0 Å². The lowest BCUT2D eigenvalue weighted by Gasteiger charge is -2.30. The van der Waals surface area contributed by atoms with Crippen molar-refractivity contribution < 1.29 is 17.9 Å². The summed E-state index contributed by atoms with van der Waals surface area (Å²) in [5, 5.41) is 8.87. The lowest BCUT2D eigenvalue weighted by Crippen LogP contribution is -2.30. The number of alkyl halides is 3. The molecule has 1 saturated heterocycles. The summed E-state index contributed by atoms with van der Waals surface area (Å²) >= 11 is 0. The largest absolute Gasteiger partial charge is 0.439 e. The molecule has 0 bridgehead atoms. The van der Waals surface area contributed by atoms with Gasteiger partial charge in [-0.2, -0.15) is 18.4 Å². The number of nitriles is 1. The van der Waals surface area contributed by atoms with E-state index in [0.717, 1.165) is 49.4 Å². The van der Waals surface area contributed by atoms with Crippen molar-refractivity contribution in [3.8, 4) is 17.7 Å². The number of benzene rings is 1. The normalized spacial score (nSPS) is 14.1. The van der Waals surface area contributed by atoms with Crippen LogP contribution in [0.3, 0.4) is 0 Å². The molecule has 1 aliphatic heterocycles. The van der Waals surface area contributed by atoms with Crippen LogP contribution in [0.4, 0.5) is 18.9 Å². The molecule has 1 aliphatic rings. The maximum absolute atomic E-state index is 12.7. The van der Waals surface area contributed by atoms with Crippen molar-refractivity contribution in [2.75, 3.05) is 18.0 Å². The van der Waals surface area contributed by atoms with E-state index in [9.17, 15) is 13.2 Å². The van der Waals surface area contributed by atoms with E-state index < -0.39 is 11.7 Å². The summed E-state index contributed by atoms with van der Waals surface area (Å²) < 4.78 is 43.6. The van der Waals surface area contributed by atoms with Crippen LogP contribution in [0.2, 0.25) is 0 Å². The van der Waals surface area contributed by atoms with Gasteiger partial charge in [0.25, 0.3) is 0 Å². The Morgan fingerprint density at radius 3 is 2.44 bits per heavy atom. The zero-order valence-electron chi connectivity index (χ0n) is 17.0. The number of aromatic nitrogens is 2. The lowest BCUT2D eigenvalue weighted by atomic mass is 10.0. The summed E-state index contributed by atoms with van der Waals surface area (Å²) in [5.74, 6) is 0.611. The SMILES string of the molecule is N#Cc1ccc(N2CCC(=Cc3cccc(Oc4ccc(C(F)(F)F)cn4)c3)CC2)cn1. The number of piperidine rings is 1. The molecule has 3 heterocycles. The number of hydrogen-bond acceptors (Lipinski definition) is 5. The molecule has 0 saturated carbocycles. The third kappa shape index (κ3) is 5.24. The molecule has 0 atom stereocenters. The minimum Gasteiger partial charge on any atom is -0.439 e. The molecule has 5 nitrogen and oxygen atoms in total. The van der Waals surface area contributed by atoms with E-state index in [1.54, 1.807) is 18.3 Å². The molecule has 0 unspecified atom stereocenters. The van der Waals surface area contributed by atoms with Crippen molar-refractivity contribution in [3.05, 3.63) is 83.3 Å². The quantitative estimate of drug-likeness (QED) is 0.514. The number of anilines is 1. The molecule has 1 fully saturated rings. The first-order valence-corrected chi connectivity index (χ1v) is 10.0. The highest BCUT2D eigenvalue weighted by atomic mass is 19.4. The van der Waals surface area contributed by atoms with Crippen molar-refractivity contribution in [2.45, 2.75) is 19.0 Å². The van der Waals surface area contributed by atoms with E-state index in [2.05, 4.69) is 20.9 Å². The van der Waals surface area contributed by atoms with Gasteiger partial charge in [0.1, 0.15) is 17.5 Å². The van der Waals surface area contributed by atoms with Crippen LogP contribution in [0.15, 0.2) is 66.5 Å². The highest BCUT2D eigenvalue weighted by molar-refractivity contribution is 5.57. The maximum atomic E-state index is 12.7. The second kappa shape index (κ2) is 9.10. The van der Waals surface area contributed by atoms with Crippen molar-refractivity contribution in [1.29, 1.82) is 5.26 Å². The Labute approximate surface area is 183 Å². The zero-order chi connectivity index (χ0) is 22.6. The second-order valence-electron chi connectivity index (χ2n) is 7.36. The number of nitrogens with zero attached hydrogens (tertiary/aromatic N) is 4. The molecular formula is C24H19F3N4O. The van der Waals surface area contributed by atoms with E-state index in [-0.39, 0.29) is 5.88 Å². The van der Waals surface area contributed by atoms with E-state index in [1.807, 2.05) is 30.3 Å².